The Balaban J connectivity index is 2.61. The minimum absolute atomic E-state index is 0.0612. The lowest BCUT2D eigenvalue weighted by Gasteiger charge is -2.35. The number of rotatable bonds is 5. The van der Waals surface area contributed by atoms with Crippen LogP contribution in [0, 0.1) is 0 Å². The van der Waals surface area contributed by atoms with Crippen LogP contribution in [0.2, 0.25) is 0 Å². The zero-order valence-electron chi connectivity index (χ0n) is 10.9. The zero-order chi connectivity index (χ0) is 13.7. The molecule has 1 rings (SSSR count). The summed E-state index contributed by atoms with van der Waals surface area (Å²) >= 11 is 0. The lowest BCUT2D eigenvalue weighted by atomic mass is 10.1. The molecule has 18 heavy (non-hydrogen) atoms. The number of primary amides is 1. The number of carbonyl (C=O) groups is 2. The third-order valence-corrected chi connectivity index (χ3v) is 2.77. The summed E-state index contributed by atoms with van der Waals surface area (Å²) in [5, 5.41) is 2.83. The normalized spacial score (nSPS) is 22.8. The molecule has 104 valence electrons. The fourth-order valence-electron chi connectivity index (χ4n) is 1.82. The minimum atomic E-state index is -0.766. The number of nitrogens with one attached hydrogen (secondary N) is 1. The molecule has 0 saturated carbocycles. The van der Waals surface area contributed by atoms with Gasteiger partial charge in [-0.1, -0.05) is 0 Å². The molecular formula is C11H22N4O3. The van der Waals surface area contributed by atoms with E-state index in [2.05, 4.69) is 5.32 Å². The number of hydrogen-bond donors (Lipinski definition) is 3. The van der Waals surface area contributed by atoms with Gasteiger partial charge in [-0.2, -0.15) is 0 Å². The Morgan fingerprint density at radius 3 is 2.72 bits per heavy atom. The summed E-state index contributed by atoms with van der Waals surface area (Å²) < 4.78 is 5.30. The summed E-state index contributed by atoms with van der Waals surface area (Å²) in [5.41, 5.74) is 10.8. The van der Waals surface area contributed by atoms with Crippen LogP contribution in [0.15, 0.2) is 0 Å². The maximum absolute atomic E-state index is 12.0. The summed E-state index contributed by atoms with van der Waals surface area (Å²) in [5.74, 6) is -0.675. The molecule has 1 fully saturated rings. The van der Waals surface area contributed by atoms with E-state index in [9.17, 15) is 9.59 Å². The molecule has 2 amide bonds. The third kappa shape index (κ3) is 4.25. The molecule has 2 atom stereocenters. The minimum Gasteiger partial charge on any atom is -0.378 e. The van der Waals surface area contributed by atoms with Gasteiger partial charge in [0.15, 0.2) is 0 Å². The van der Waals surface area contributed by atoms with Crippen LogP contribution >= 0.6 is 0 Å². The first-order chi connectivity index (χ1) is 8.41. The lowest BCUT2D eigenvalue weighted by Crippen LogP contribution is -2.58. The van der Waals surface area contributed by atoms with E-state index in [0.29, 0.717) is 19.8 Å². The number of nitrogens with zero attached hydrogens (tertiary/aromatic N) is 1. The SMILES string of the molecule is CC(C)NC(=O)C1COCCN1CC(N)C(N)=O. The van der Waals surface area contributed by atoms with Crippen molar-refractivity contribution in [3.05, 3.63) is 0 Å². The topological polar surface area (TPSA) is 111 Å². The van der Waals surface area contributed by atoms with Crippen molar-refractivity contribution in [2.24, 2.45) is 11.5 Å². The zero-order valence-corrected chi connectivity index (χ0v) is 10.9. The highest BCUT2D eigenvalue weighted by atomic mass is 16.5. The highest BCUT2D eigenvalue weighted by molar-refractivity contribution is 5.83. The molecule has 1 saturated heterocycles. The van der Waals surface area contributed by atoms with E-state index in [4.69, 9.17) is 16.2 Å². The highest BCUT2D eigenvalue weighted by Gasteiger charge is 2.31. The Hall–Kier alpha value is -1.18. The van der Waals surface area contributed by atoms with Gasteiger partial charge in [-0.25, -0.2) is 0 Å². The summed E-state index contributed by atoms with van der Waals surface area (Å²) in [6.07, 6.45) is 0. The average molecular weight is 258 g/mol. The molecule has 0 aliphatic carbocycles. The molecular weight excluding hydrogens is 236 g/mol. The largest absolute Gasteiger partial charge is 0.378 e. The van der Waals surface area contributed by atoms with Gasteiger partial charge in [-0.3, -0.25) is 14.5 Å². The lowest BCUT2D eigenvalue weighted by molar-refractivity contribution is -0.134. The molecule has 1 aliphatic heterocycles. The Morgan fingerprint density at radius 2 is 2.17 bits per heavy atom. The maximum atomic E-state index is 12.0. The molecule has 0 spiro atoms. The average Bonchev–Trinajstić information content (AvgIpc) is 2.28. The van der Waals surface area contributed by atoms with Crippen LogP contribution in [0.3, 0.4) is 0 Å². The molecule has 2 unspecified atom stereocenters. The first-order valence-corrected chi connectivity index (χ1v) is 6.09. The molecule has 1 aliphatic rings. The van der Waals surface area contributed by atoms with E-state index in [-0.39, 0.29) is 18.5 Å². The molecule has 0 aromatic heterocycles. The van der Waals surface area contributed by atoms with Crippen molar-refractivity contribution in [2.45, 2.75) is 32.0 Å². The van der Waals surface area contributed by atoms with Gasteiger partial charge in [0.1, 0.15) is 6.04 Å². The Kier molecular flexibility index (Phi) is 5.52. The second kappa shape index (κ2) is 6.67. The van der Waals surface area contributed by atoms with Crippen molar-refractivity contribution in [1.82, 2.24) is 10.2 Å². The van der Waals surface area contributed by atoms with Crippen molar-refractivity contribution in [1.29, 1.82) is 0 Å². The Labute approximate surface area is 107 Å². The van der Waals surface area contributed by atoms with Crippen LogP contribution in [0.5, 0.6) is 0 Å². The number of ether oxygens (including phenoxy) is 1. The molecule has 5 N–H and O–H groups in total. The van der Waals surface area contributed by atoms with Crippen LogP contribution < -0.4 is 16.8 Å². The number of amides is 2. The molecule has 0 bridgehead atoms. The van der Waals surface area contributed by atoms with Crippen LogP contribution in [0.4, 0.5) is 0 Å². The summed E-state index contributed by atoms with van der Waals surface area (Å²) in [7, 11) is 0. The fourth-order valence-corrected chi connectivity index (χ4v) is 1.82. The predicted octanol–water partition coefficient (Wildman–Crippen LogP) is -1.98. The van der Waals surface area contributed by atoms with E-state index < -0.39 is 18.0 Å². The van der Waals surface area contributed by atoms with Crippen molar-refractivity contribution in [2.75, 3.05) is 26.3 Å². The van der Waals surface area contributed by atoms with Crippen molar-refractivity contribution in [3.8, 4) is 0 Å². The summed E-state index contributed by atoms with van der Waals surface area (Å²) in [4.78, 5) is 24.8. The van der Waals surface area contributed by atoms with Gasteiger partial charge in [-0.05, 0) is 13.8 Å². The van der Waals surface area contributed by atoms with Crippen molar-refractivity contribution in [3.63, 3.8) is 0 Å². The van der Waals surface area contributed by atoms with Gasteiger partial charge in [0.05, 0.1) is 19.3 Å². The standard InChI is InChI=1S/C11H22N4O3/c1-7(2)14-11(17)9-6-18-4-3-15(9)5-8(12)10(13)16/h7-9H,3-6,12H2,1-2H3,(H2,13,16)(H,14,17). The molecule has 0 aromatic carbocycles. The predicted molar refractivity (Wildman–Crippen MR) is 66.6 cm³/mol. The highest BCUT2D eigenvalue weighted by Crippen LogP contribution is 2.08. The fraction of sp³-hybridized carbons (Fsp3) is 0.818. The van der Waals surface area contributed by atoms with E-state index >= 15 is 0 Å². The first-order valence-electron chi connectivity index (χ1n) is 6.09. The maximum Gasteiger partial charge on any atom is 0.239 e. The Morgan fingerprint density at radius 1 is 1.50 bits per heavy atom. The van der Waals surface area contributed by atoms with Gasteiger partial charge in [0, 0.05) is 19.1 Å². The number of nitrogens with two attached hydrogens (primary N) is 2. The van der Waals surface area contributed by atoms with E-state index in [1.807, 2.05) is 18.7 Å². The van der Waals surface area contributed by atoms with Gasteiger partial charge >= 0.3 is 0 Å². The van der Waals surface area contributed by atoms with Gasteiger partial charge in [-0.15, -0.1) is 0 Å². The van der Waals surface area contributed by atoms with E-state index in [1.165, 1.54) is 0 Å². The monoisotopic (exact) mass is 258 g/mol. The second-order valence-corrected chi connectivity index (χ2v) is 4.76. The van der Waals surface area contributed by atoms with E-state index in [1.54, 1.807) is 0 Å². The summed E-state index contributed by atoms with van der Waals surface area (Å²) in [6, 6.07) is -1.12. The second-order valence-electron chi connectivity index (χ2n) is 4.76. The Bertz CT molecular complexity index is 309. The molecule has 7 nitrogen and oxygen atoms in total. The van der Waals surface area contributed by atoms with E-state index in [0.717, 1.165) is 0 Å². The smallest absolute Gasteiger partial charge is 0.239 e. The van der Waals surface area contributed by atoms with Gasteiger partial charge < -0.3 is 21.5 Å². The van der Waals surface area contributed by atoms with Crippen LogP contribution in [0.25, 0.3) is 0 Å². The number of hydrogen-bond acceptors (Lipinski definition) is 5. The first kappa shape index (κ1) is 14.9. The molecule has 7 heteroatoms. The number of carbonyl (C=O) groups excluding carboxylic acids is 2. The van der Waals surface area contributed by atoms with Crippen molar-refractivity contribution < 1.29 is 14.3 Å². The van der Waals surface area contributed by atoms with Gasteiger partial charge in [0.25, 0.3) is 0 Å². The van der Waals surface area contributed by atoms with Crippen molar-refractivity contribution >= 4 is 11.8 Å². The van der Waals surface area contributed by atoms with Crippen LogP contribution in [-0.4, -0.2) is 61.1 Å². The molecule has 0 radical (unpaired) electrons. The third-order valence-electron chi connectivity index (χ3n) is 2.77. The summed E-state index contributed by atoms with van der Waals surface area (Å²) in [6.45, 7) is 5.45. The van der Waals surface area contributed by atoms with Crippen LogP contribution in [0.1, 0.15) is 13.8 Å². The quantitative estimate of drug-likeness (QED) is 0.529. The molecule has 0 aromatic rings. The molecule has 1 heterocycles. The van der Waals surface area contributed by atoms with Gasteiger partial charge in [0.2, 0.25) is 11.8 Å². The van der Waals surface area contributed by atoms with Crippen LogP contribution in [-0.2, 0) is 14.3 Å². The number of morpholine rings is 1.